The molecule has 34 heteroatoms. The number of ether oxygens (including phenoxy) is 4. The van der Waals surface area contributed by atoms with Gasteiger partial charge in [0.05, 0.1) is 76.5 Å². The highest BCUT2D eigenvalue weighted by atomic mass is 32.2. The molecule has 141 heavy (non-hydrogen) atoms. The maximum atomic E-state index is 12.4. The lowest BCUT2D eigenvalue weighted by Crippen LogP contribution is -2.32. The zero-order chi connectivity index (χ0) is 101. The zero-order valence-electron chi connectivity index (χ0n) is 76.8. The highest BCUT2D eigenvalue weighted by molar-refractivity contribution is 7.91. The van der Waals surface area contributed by atoms with E-state index in [4.69, 9.17) is 49.3 Å². The molecule has 15 aromatic rings. The molecule has 2 heterocycles. The molecule has 0 fully saturated rings. The van der Waals surface area contributed by atoms with Crippen molar-refractivity contribution in [3.05, 3.63) is 343 Å². The van der Waals surface area contributed by atoms with Crippen molar-refractivity contribution in [1.29, 1.82) is 0 Å². The number of carbonyl (C=O) groups is 8. The van der Waals surface area contributed by atoms with Crippen LogP contribution >= 0.6 is 0 Å². The van der Waals surface area contributed by atoms with Crippen molar-refractivity contribution in [3.63, 3.8) is 0 Å². The minimum Gasteiger partial charge on any atom is -0.507 e. The number of sulfonamides is 1. The molecule has 2 aromatic heterocycles. The number of hydrogen-bond acceptors (Lipinski definition) is 23. The van der Waals surface area contributed by atoms with E-state index < -0.39 is 85.3 Å². The highest BCUT2D eigenvalue weighted by Gasteiger charge is 2.22. The molecule has 0 aliphatic heterocycles. The van der Waals surface area contributed by atoms with E-state index >= 15 is 0 Å². The maximum absolute atomic E-state index is 12.4. The van der Waals surface area contributed by atoms with E-state index in [0.29, 0.717) is 37.8 Å². The van der Waals surface area contributed by atoms with Crippen LogP contribution in [0.25, 0.3) is 54.7 Å². The van der Waals surface area contributed by atoms with Crippen molar-refractivity contribution in [2.45, 2.75) is 81.8 Å². The Morgan fingerprint density at radius 2 is 0.716 bits per heavy atom. The van der Waals surface area contributed by atoms with Crippen molar-refractivity contribution in [2.75, 3.05) is 83.7 Å². The number of sulfone groups is 1. The summed E-state index contributed by atoms with van der Waals surface area (Å²) in [5.74, 6) is -6.83. The van der Waals surface area contributed by atoms with Crippen LogP contribution in [0, 0.1) is 0 Å². The number of unbranched alkanes of at least 4 members (excludes halogenated alkanes) is 5. The van der Waals surface area contributed by atoms with E-state index in [1.807, 2.05) is 129 Å². The molecule has 0 aliphatic carbocycles. The number of fused-ring (bicyclic) bond motifs is 4. The smallest absolute Gasteiger partial charge is 0.339 e. The van der Waals surface area contributed by atoms with Crippen molar-refractivity contribution in [3.8, 4) is 39.9 Å². The summed E-state index contributed by atoms with van der Waals surface area (Å²) in [5, 5.41) is 86.0. The van der Waals surface area contributed by atoms with E-state index in [9.17, 15) is 70.5 Å². The summed E-state index contributed by atoms with van der Waals surface area (Å²) in [6.45, 7) is 7.10. The molecule has 0 bridgehead atoms. The van der Waals surface area contributed by atoms with Gasteiger partial charge in [-0.1, -0.05) is 208 Å². The van der Waals surface area contributed by atoms with E-state index in [1.165, 1.54) is 92.4 Å². The number of hydrogen-bond donors (Lipinski definition) is 14. The number of para-hydroxylation sites is 4. The predicted octanol–water partition coefficient (Wildman–Crippen LogP) is 19.1. The number of benzene rings is 13. The Hall–Kier alpha value is -16.7. The van der Waals surface area contributed by atoms with Crippen LogP contribution in [0.15, 0.2) is 319 Å². The van der Waals surface area contributed by atoms with Crippen LogP contribution in [-0.4, -0.2) is 162 Å². The summed E-state index contributed by atoms with van der Waals surface area (Å²) in [6.07, 6.45) is 6.92. The molecule has 32 nitrogen and oxygen atoms in total. The quantitative estimate of drug-likeness (QED) is 0.0125. The van der Waals surface area contributed by atoms with E-state index in [0.717, 1.165) is 139 Å². The summed E-state index contributed by atoms with van der Waals surface area (Å²) < 4.78 is 73.6. The molecular formula is C107H105N9O23S2. The first-order valence-corrected chi connectivity index (χ1v) is 47.9. The van der Waals surface area contributed by atoms with Crippen LogP contribution in [0.3, 0.4) is 0 Å². The number of aromatic hydroxyl groups is 3. The number of pyridine rings is 2. The van der Waals surface area contributed by atoms with Crippen molar-refractivity contribution < 1.29 is 110 Å². The lowest BCUT2D eigenvalue weighted by molar-refractivity contribution is -0.121. The zero-order valence-corrected chi connectivity index (χ0v) is 78.5. The second-order valence-corrected chi connectivity index (χ2v) is 35.3. The molecule has 4 amide bonds. The number of nitrogens with zero attached hydrogens (tertiary/aromatic N) is 2. The molecule has 0 radical (unpaired) electrons. The molecule has 728 valence electrons. The van der Waals surface area contributed by atoms with Gasteiger partial charge in [-0.3, -0.25) is 19.2 Å². The molecule has 14 N–H and O–H groups in total. The lowest BCUT2D eigenvalue weighted by atomic mass is 10.1. The Bertz CT molecular complexity index is 6940. The third-order valence-electron chi connectivity index (χ3n) is 21.2. The van der Waals surface area contributed by atoms with Gasteiger partial charge in [0.15, 0.2) is 9.84 Å². The van der Waals surface area contributed by atoms with Gasteiger partial charge in [0.1, 0.15) is 69.7 Å². The van der Waals surface area contributed by atoms with Crippen LogP contribution in [0.1, 0.15) is 111 Å². The van der Waals surface area contributed by atoms with Crippen LogP contribution in [0.2, 0.25) is 0 Å². The largest absolute Gasteiger partial charge is 0.507 e. The number of aromatic carboxylic acids is 4. The van der Waals surface area contributed by atoms with Gasteiger partial charge in [-0.25, -0.2) is 50.7 Å². The van der Waals surface area contributed by atoms with Gasteiger partial charge in [-0.2, -0.15) is 0 Å². The van der Waals surface area contributed by atoms with Gasteiger partial charge in [-0.15, -0.1) is 0 Å². The number of aromatic nitrogens is 2. The van der Waals surface area contributed by atoms with Gasteiger partial charge < -0.3 is 86.6 Å². The fourth-order valence-electron chi connectivity index (χ4n) is 14.3. The predicted molar refractivity (Wildman–Crippen MR) is 541 cm³/mol. The first-order valence-electron chi connectivity index (χ1n) is 44.8. The molecule has 0 atom stereocenters. The Kier molecular flexibility index (Phi) is 39.1. The summed E-state index contributed by atoms with van der Waals surface area (Å²) >= 11 is 0. The molecule has 0 aliphatic rings. The maximum Gasteiger partial charge on any atom is 0.339 e. The highest BCUT2D eigenvalue weighted by Crippen LogP contribution is 2.38. The summed E-state index contributed by atoms with van der Waals surface area (Å²) in [7, 11) is -7.47. The first kappa shape index (κ1) is 105. The Balaban J connectivity index is 0.000000174. The number of nitrogens with one attached hydrogen (secondary N) is 7. The number of rotatable bonds is 40. The Labute approximate surface area is 813 Å². The summed E-state index contributed by atoms with van der Waals surface area (Å²) in [6, 6.07) is 88.4. The molecule has 0 unspecified atom stereocenters. The first-order chi connectivity index (χ1) is 68.0. The third kappa shape index (κ3) is 31.7. The van der Waals surface area contributed by atoms with Gasteiger partial charge in [0.25, 0.3) is 0 Å². The fourth-order valence-corrected chi connectivity index (χ4v) is 16.6. The monoisotopic (exact) mass is 1950 g/mol. The van der Waals surface area contributed by atoms with E-state index in [-0.39, 0.29) is 74.7 Å². The summed E-state index contributed by atoms with van der Waals surface area (Å²) in [5.41, 5.74) is 10.4. The minimum absolute atomic E-state index is 0.0124. The second kappa shape index (κ2) is 52.6. The van der Waals surface area contributed by atoms with Gasteiger partial charge in [0.2, 0.25) is 33.7 Å². The third-order valence-corrected chi connectivity index (χ3v) is 24.3. The fraction of sp³-hybridized carbons (Fsp3) is 0.178. The van der Waals surface area contributed by atoms with Crippen molar-refractivity contribution in [2.24, 2.45) is 0 Å². The number of carbonyl (C=O) groups excluding carboxylic acids is 4. The average Bonchev–Trinajstić information content (AvgIpc) is 0.767. The van der Waals surface area contributed by atoms with Crippen molar-refractivity contribution in [1.82, 2.24) is 14.7 Å². The molecule has 0 saturated heterocycles. The van der Waals surface area contributed by atoms with Crippen LogP contribution in [-0.2, 0) is 61.7 Å². The van der Waals surface area contributed by atoms with E-state index in [2.05, 4.69) is 97.3 Å². The molecule has 0 saturated carbocycles. The van der Waals surface area contributed by atoms with Gasteiger partial charge >= 0.3 is 23.9 Å². The number of phenols is 3. The van der Waals surface area contributed by atoms with E-state index in [1.54, 1.807) is 42.5 Å². The topological polar surface area (TPSA) is 493 Å². The average molecular weight is 1950 g/mol. The standard InChI is InChI=1S/C38H42N4O2.C21H18N2O6S.C16H15NO6S.C16H15NO5.C16H15NO4/c1-3-43-33-23-15-19-29-35(27-17-9-11-21-31(27)41-37(29)33)39-25-13-7-5-6-8-14-26-40-36-28-18-10-12-22-32(28)42-38-30(36)20-16-24-34(38)44-4-2;24-19-12-16(8-11-18(19)21(26)27)23-20(25)13-22-30(28,29)17-9-6-15(7-10-17)14-4-2-1-3-5-14;18-14-10-11(6-7-13(14)16(20)21)17-15(19)8-9-24(22,23)12-4-2-1-3-5-12;18-14-8-12(6-7-13(14)16(20)21)17-15(19)10-22-9-11-4-2-1-3-5-11;18-15(11-21-10-12-4-2-1-3-5-12)17-14-8-6-13(7-9-14)16(19)20/h9-12,15-24H,3-8,13-14,25-26H2,1-2H3,(H,39,41)(H,40,42);1-12,22,24H,13H2,(H,23,25)(H,26,27);1-7,10,18H,8-9H2,(H,17,19)(H,20,21);1-8,18H,9-10H2,(H,17,19)(H,20,21);1-9H,10-11H2,(H,17,18)(H,19,20). The number of carboxylic acids is 4. The van der Waals surface area contributed by atoms with Gasteiger partial charge in [-0.05, 0) is 158 Å². The van der Waals surface area contributed by atoms with Crippen LogP contribution in [0.4, 0.5) is 34.1 Å². The minimum atomic E-state index is -3.91. The molecular weight excluding hydrogens is 1840 g/mol. The number of carboxylic acid groups (broad SMARTS) is 4. The number of amides is 4. The number of anilines is 6. The Morgan fingerprint density at radius 1 is 0.348 bits per heavy atom. The lowest BCUT2D eigenvalue weighted by Gasteiger charge is -2.15. The second-order valence-electron chi connectivity index (χ2n) is 31.4. The van der Waals surface area contributed by atoms with Crippen molar-refractivity contribution >= 4 is 145 Å². The summed E-state index contributed by atoms with van der Waals surface area (Å²) in [4.78, 5) is 100. The normalized spacial score (nSPS) is 10.9. The van der Waals surface area contributed by atoms with Gasteiger partial charge in [0, 0.05) is 82.0 Å². The SMILES string of the molecule is CCOc1cccc2c(NCCCCCCCCNc3c4ccccc4nc4c(OCC)cccc34)c3ccccc3nc12.O=C(CCS(=O)(=O)c1ccccc1)Nc1ccc(C(=O)O)c(O)c1.O=C(CNS(=O)(=O)c1ccc(-c2ccccc2)cc1)Nc1ccc(C(=O)O)c(O)c1.O=C(COCc1ccccc1)Nc1ccc(C(=O)O)c(O)c1.O=C(COCc1ccccc1)Nc1ccc(C(=O)O)cc1. The molecule has 0 spiro atoms. The van der Waals surface area contributed by atoms with Crippen LogP contribution in [0.5, 0.6) is 28.7 Å². The Morgan fingerprint density at radius 3 is 1.13 bits per heavy atom. The molecule has 15 rings (SSSR count). The molecule has 13 aromatic carbocycles. The van der Waals surface area contributed by atoms with Crippen LogP contribution < -0.4 is 46.1 Å².